The van der Waals surface area contributed by atoms with E-state index in [4.69, 9.17) is 0 Å². The van der Waals surface area contributed by atoms with E-state index in [2.05, 4.69) is 39.7 Å². The molecule has 0 bridgehead atoms. The van der Waals surface area contributed by atoms with Gasteiger partial charge >= 0.3 is 0 Å². The Morgan fingerprint density at radius 1 is 0.923 bits per heavy atom. The number of rotatable bonds is 5. The van der Waals surface area contributed by atoms with Crippen molar-refractivity contribution >= 4 is 5.91 Å². The minimum absolute atomic E-state index is 0.0278. The topological polar surface area (TPSA) is 61.9 Å². The Kier molecular flexibility index (Phi) is 4.78. The molecule has 1 atom stereocenters. The second-order valence-corrected chi connectivity index (χ2v) is 6.82. The number of nitrogens with one attached hydrogen (secondary N) is 1. The molecular weight excluding hydrogens is 324 g/mol. The Bertz CT molecular complexity index is 818. The maximum atomic E-state index is 13.3. The van der Waals surface area contributed by atoms with Crippen molar-refractivity contribution < 1.29 is 4.79 Å². The summed E-state index contributed by atoms with van der Waals surface area (Å²) in [5.41, 5.74) is 4.24. The molecule has 1 unspecified atom stereocenters. The number of aryl methyl sites for hydroxylation is 1. The zero-order valence-corrected chi connectivity index (χ0v) is 14.6. The second kappa shape index (κ2) is 7.52. The quantitative estimate of drug-likeness (QED) is 0.772. The molecule has 5 nitrogen and oxygen atoms in total. The van der Waals surface area contributed by atoms with E-state index in [1.807, 2.05) is 41.3 Å². The fourth-order valence-corrected chi connectivity index (χ4v) is 3.57. The lowest BCUT2D eigenvalue weighted by atomic mass is 9.88. The molecule has 0 saturated heterocycles. The molecule has 5 heteroatoms. The van der Waals surface area contributed by atoms with Crippen LogP contribution < -0.4 is 0 Å². The molecule has 1 heterocycles. The Hall–Kier alpha value is -2.95. The van der Waals surface area contributed by atoms with Crippen LogP contribution in [0.25, 0.3) is 0 Å². The lowest BCUT2D eigenvalue weighted by molar-refractivity contribution is -0.137. The molecule has 1 aromatic heterocycles. The van der Waals surface area contributed by atoms with Crippen LogP contribution in [-0.2, 0) is 30.7 Å². The number of fused-ring (bicyclic) bond motifs is 1. The number of carbonyl (C=O) groups is 1. The molecule has 26 heavy (non-hydrogen) atoms. The summed E-state index contributed by atoms with van der Waals surface area (Å²) >= 11 is 0. The third kappa shape index (κ3) is 3.67. The van der Waals surface area contributed by atoms with E-state index in [1.165, 1.54) is 0 Å². The number of aromatic nitrogens is 3. The van der Waals surface area contributed by atoms with E-state index in [0.717, 1.165) is 35.4 Å². The van der Waals surface area contributed by atoms with Crippen LogP contribution >= 0.6 is 0 Å². The van der Waals surface area contributed by atoms with Crippen LogP contribution in [0.15, 0.2) is 60.7 Å². The summed E-state index contributed by atoms with van der Waals surface area (Å²) in [4.78, 5) is 15.3. The van der Waals surface area contributed by atoms with E-state index in [9.17, 15) is 4.79 Å². The first-order chi connectivity index (χ1) is 12.8. The smallest absolute Gasteiger partial charge is 0.226 e. The van der Waals surface area contributed by atoms with Crippen molar-refractivity contribution in [1.29, 1.82) is 0 Å². The highest BCUT2D eigenvalue weighted by Gasteiger charge is 2.30. The maximum Gasteiger partial charge on any atom is 0.226 e. The van der Waals surface area contributed by atoms with Crippen molar-refractivity contribution in [3.63, 3.8) is 0 Å². The minimum atomic E-state index is -0.0278. The van der Waals surface area contributed by atoms with Crippen LogP contribution in [0.4, 0.5) is 0 Å². The SMILES string of the molecule is O=C(C1CCc2n[nH]nc2C1)N(Cc1ccccc1)Cc1ccccc1. The van der Waals surface area contributed by atoms with Crippen LogP contribution in [0.3, 0.4) is 0 Å². The predicted molar refractivity (Wildman–Crippen MR) is 99.0 cm³/mol. The lowest BCUT2D eigenvalue weighted by Crippen LogP contribution is -2.37. The number of H-pyrrole nitrogens is 1. The van der Waals surface area contributed by atoms with E-state index >= 15 is 0 Å². The molecule has 0 spiro atoms. The highest BCUT2D eigenvalue weighted by Crippen LogP contribution is 2.25. The number of hydrogen-bond acceptors (Lipinski definition) is 3. The summed E-state index contributed by atoms with van der Waals surface area (Å²) in [6, 6.07) is 20.4. The molecule has 2 aromatic carbocycles. The molecule has 4 rings (SSSR count). The number of aromatic amines is 1. The van der Waals surface area contributed by atoms with Crippen molar-refractivity contribution in [2.24, 2.45) is 5.92 Å². The molecule has 1 aliphatic carbocycles. The van der Waals surface area contributed by atoms with Crippen LogP contribution in [0, 0.1) is 5.92 Å². The Morgan fingerprint density at radius 2 is 1.50 bits per heavy atom. The number of hydrogen-bond donors (Lipinski definition) is 1. The fourth-order valence-electron chi connectivity index (χ4n) is 3.57. The van der Waals surface area contributed by atoms with Crippen LogP contribution in [0.5, 0.6) is 0 Å². The van der Waals surface area contributed by atoms with Gasteiger partial charge in [-0.2, -0.15) is 15.4 Å². The van der Waals surface area contributed by atoms with Gasteiger partial charge < -0.3 is 4.90 Å². The van der Waals surface area contributed by atoms with Gasteiger partial charge in [-0.05, 0) is 24.0 Å². The number of carbonyl (C=O) groups excluding carboxylic acids is 1. The molecule has 1 amide bonds. The molecule has 0 fully saturated rings. The number of benzene rings is 2. The van der Waals surface area contributed by atoms with Gasteiger partial charge in [-0.25, -0.2) is 0 Å². The van der Waals surface area contributed by atoms with Gasteiger partial charge in [0.15, 0.2) is 0 Å². The van der Waals surface area contributed by atoms with E-state index in [0.29, 0.717) is 19.5 Å². The minimum Gasteiger partial charge on any atom is -0.334 e. The molecule has 1 aliphatic rings. The first-order valence-corrected chi connectivity index (χ1v) is 9.05. The van der Waals surface area contributed by atoms with Crippen LogP contribution in [0.2, 0.25) is 0 Å². The van der Waals surface area contributed by atoms with Crippen molar-refractivity contribution in [2.45, 2.75) is 32.4 Å². The molecule has 3 aromatic rings. The Labute approximate surface area is 153 Å². The Balaban J connectivity index is 1.54. The largest absolute Gasteiger partial charge is 0.334 e. The van der Waals surface area contributed by atoms with Gasteiger partial charge in [0.25, 0.3) is 0 Å². The predicted octanol–water partition coefficient (Wildman–Crippen LogP) is 3.14. The van der Waals surface area contributed by atoms with Gasteiger partial charge in [0.2, 0.25) is 5.91 Å². The summed E-state index contributed by atoms with van der Waals surface area (Å²) in [6.45, 7) is 1.24. The van der Waals surface area contributed by atoms with Gasteiger partial charge in [-0.3, -0.25) is 4.79 Å². The molecule has 0 saturated carbocycles. The lowest BCUT2D eigenvalue weighted by Gasteiger charge is -2.29. The van der Waals surface area contributed by atoms with Gasteiger partial charge in [-0.15, -0.1) is 0 Å². The van der Waals surface area contributed by atoms with E-state index < -0.39 is 0 Å². The van der Waals surface area contributed by atoms with Crippen molar-refractivity contribution in [3.05, 3.63) is 83.2 Å². The van der Waals surface area contributed by atoms with Gasteiger partial charge in [0, 0.05) is 25.4 Å². The summed E-state index contributed by atoms with van der Waals surface area (Å²) in [6.07, 6.45) is 2.32. The number of nitrogens with zero attached hydrogens (tertiary/aromatic N) is 3. The van der Waals surface area contributed by atoms with Crippen molar-refractivity contribution in [1.82, 2.24) is 20.3 Å². The summed E-state index contributed by atoms with van der Waals surface area (Å²) in [7, 11) is 0. The molecule has 132 valence electrons. The Morgan fingerprint density at radius 3 is 2.12 bits per heavy atom. The first kappa shape index (κ1) is 16.5. The second-order valence-electron chi connectivity index (χ2n) is 6.82. The standard InChI is InChI=1S/C21H22N4O/c26-21(18-11-12-19-20(13-18)23-24-22-19)25(14-16-7-3-1-4-8-16)15-17-9-5-2-6-10-17/h1-10,18H,11-15H2,(H,22,23,24). The zero-order chi connectivity index (χ0) is 17.8. The van der Waals surface area contributed by atoms with Crippen molar-refractivity contribution in [2.75, 3.05) is 0 Å². The number of amides is 1. The zero-order valence-electron chi connectivity index (χ0n) is 14.6. The van der Waals surface area contributed by atoms with Gasteiger partial charge in [0.1, 0.15) is 0 Å². The average molecular weight is 346 g/mol. The summed E-state index contributed by atoms with van der Waals surface area (Å²) < 4.78 is 0. The first-order valence-electron chi connectivity index (χ1n) is 9.05. The van der Waals surface area contributed by atoms with E-state index in [-0.39, 0.29) is 11.8 Å². The summed E-state index contributed by atoms with van der Waals surface area (Å²) in [5.74, 6) is 0.173. The van der Waals surface area contributed by atoms with Crippen LogP contribution in [0.1, 0.15) is 28.9 Å². The maximum absolute atomic E-state index is 13.3. The highest BCUT2D eigenvalue weighted by atomic mass is 16.2. The molecular formula is C21H22N4O. The molecule has 0 radical (unpaired) electrons. The molecule has 0 aliphatic heterocycles. The van der Waals surface area contributed by atoms with Crippen molar-refractivity contribution in [3.8, 4) is 0 Å². The third-order valence-electron chi connectivity index (χ3n) is 4.97. The fraction of sp³-hybridized carbons (Fsp3) is 0.286. The van der Waals surface area contributed by atoms with Gasteiger partial charge in [-0.1, -0.05) is 60.7 Å². The average Bonchev–Trinajstić information content (AvgIpc) is 3.16. The van der Waals surface area contributed by atoms with Crippen LogP contribution in [-0.4, -0.2) is 26.2 Å². The summed E-state index contributed by atoms with van der Waals surface area (Å²) in [5, 5.41) is 11.1. The third-order valence-corrected chi connectivity index (χ3v) is 4.97. The highest BCUT2D eigenvalue weighted by molar-refractivity contribution is 5.79. The normalized spacial score (nSPS) is 16.1. The monoisotopic (exact) mass is 346 g/mol. The molecule has 1 N–H and O–H groups in total. The van der Waals surface area contributed by atoms with E-state index in [1.54, 1.807) is 0 Å². The van der Waals surface area contributed by atoms with Gasteiger partial charge in [0.05, 0.1) is 11.4 Å².